The number of piperidine rings is 2. The third-order valence-electron chi connectivity index (χ3n) is 6.52. The summed E-state index contributed by atoms with van der Waals surface area (Å²) in [5.41, 5.74) is 0. The lowest BCUT2D eigenvalue weighted by molar-refractivity contribution is -0.131. The van der Waals surface area contributed by atoms with Crippen LogP contribution in [0.3, 0.4) is 0 Å². The van der Waals surface area contributed by atoms with Crippen LogP contribution in [0.4, 0.5) is 0 Å². The van der Waals surface area contributed by atoms with Crippen LogP contribution in [0.2, 0.25) is 0 Å². The summed E-state index contributed by atoms with van der Waals surface area (Å²) in [6, 6.07) is 2.26. The molecule has 3 heterocycles. The van der Waals surface area contributed by atoms with Crippen LogP contribution in [0.25, 0.3) is 0 Å². The first kappa shape index (κ1) is 18.2. The molecule has 3 rings (SSSR count). The SMILES string of the molecule is CC(=O)N1CCN(C2CCN(C3CCN(C(C)C)CC3)CC2)CC1. The van der Waals surface area contributed by atoms with Crippen LogP contribution >= 0.6 is 0 Å². The minimum Gasteiger partial charge on any atom is -0.340 e. The van der Waals surface area contributed by atoms with E-state index in [2.05, 4.69) is 28.5 Å². The van der Waals surface area contributed by atoms with E-state index in [1.807, 2.05) is 4.90 Å². The van der Waals surface area contributed by atoms with Gasteiger partial charge in [0.2, 0.25) is 5.91 Å². The Hall–Kier alpha value is -0.650. The van der Waals surface area contributed by atoms with Crippen molar-refractivity contribution >= 4 is 5.91 Å². The summed E-state index contributed by atoms with van der Waals surface area (Å²) in [5, 5.41) is 0. The van der Waals surface area contributed by atoms with Gasteiger partial charge in [0, 0.05) is 51.2 Å². The normalized spacial score (nSPS) is 27.1. The molecular weight excluding hydrogens is 300 g/mol. The highest BCUT2D eigenvalue weighted by atomic mass is 16.2. The Balaban J connectivity index is 1.40. The van der Waals surface area contributed by atoms with Crippen LogP contribution in [0.5, 0.6) is 0 Å². The molecule has 0 bridgehead atoms. The van der Waals surface area contributed by atoms with Crippen LogP contribution in [0.1, 0.15) is 46.5 Å². The summed E-state index contributed by atoms with van der Waals surface area (Å²) in [5.74, 6) is 0.234. The van der Waals surface area contributed by atoms with Crippen molar-refractivity contribution in [1.82, 2.24) is 19.6 Å². The van der Waals surface area contributed by atoms with Gasteiger partial charge in [-0.2, -0.15) is 0 Å². The molecule has 0 unspecified atom stereocenters. The third kappa shape index (κ3) is 4.30. The number of carbonyl (C=O) groups is 1. The zero-order valence-corrected chi connectivity index (χ0v) is 15.9. The highest BCUT2D eigenvalue weighted by molar-refractivity contribution is 5.73. The van der Waals surface area contributed by atoms with Gasteiger partial charge < -0.3 is 14.7 Å². The smallest absolute Gasteiger partial charge is 0.219 e. The van der Waals surface area contributed by atoms with E-state index in [0.717, 1.165) is 38.3 Å². The molecule has 0 saturated carbocycles. The first-order valence-corrected chi connectivity index (χ1v) is 10.0. The monoisotopic (exact) mass is 336 g/mol. The Bertz CT molecular complexity index is 404. The topological polar surface area (TPSA) is 30.0 Å². The number of carbonyl (C=O) groups excluding carboxylic acids is 1. The zero-order valence-electron chi connectivity index (χ0n) is 15.9. The van der Waals surface area contributed by atoms with Crippen molar-refractivity contribution in [3.63, 3.8) is 0 Å². The number of hydrogen-bond donors (Lipinski definition) is 0. The number of piperazine rings is 1. The average Bonchev–Trinajstić information content (AvgIpc) is 2.62. The summed E-state index contributed by atoms with van der Waals surface area (Å²) in [6.07, 6.45) is 5.31. The van der Waals surface area contributed by atoms with Crippen molar-refractivity contribution in [2.45, 2.75) is 64.6 Å². The van der Waals surface area contributed by atoms with Crippen molar-refractivity contribution in [2.24, 2.45) is 0 Å². The molecule has 3 aliphatic heterocycles. The van der Waals surface area contributed by atoms with Gasteiger partial charge >= 0.3 is 0 Å². The Kier molecular flexibility index (Phi) is 6.17. The first-order valence-electron chi connectivity index (χ1n) is 10.0. The van der Waals surface area contributed by atoms with Crippen molar-refractivity contribution in [3.8, 4) is 0 Å². The Labute approximate surface area is 147 Å². The standard InChI is InChI=1S/C19H36N4O/c1-16(2)20-8-4-18(5-9-20)22-10-6-19(7-11-22)23-14-12-21(13-15-23)17(3)24/h16,18-19H,4-15H2,1-3H3. The largest absolute Gasteiger partial charge is 0.340 e. The van der Waals surface area contributed by atoms with Crippen LogP contribution in [-0.2, 0) is 4.79 Å². The first-order chi connectivity index (χ1) is 11.5. The number of likely N-dealkylation sites (tertiary alicyclic amines) is 2. The molecule has 3 fully saturated rings. The van der Waals surface area contributed by atoms with Crippen LogP contribution in [0.15, 0.2) is 0 Å². The van der Waals surface area contributed by atoms with Gasteiger partial charge in [0.05, 0.1) is 0 Å². The fraction of sp³-hybridized carbons (Fsp3) is 0.947. The van der Waals surface area contributed by atoms with Crippen LogP contribution in [-0.4, -0.2) is 96.0 Å². The van der Waals surface area contributed by atoms with E-state index in [1.165, 1.54) is 51.9 Å². The van der Waals surface area contributed by atoms with Crippen molar-refractivity contribution in [2.75, 3.05) is 52.4 Å². The molecule has 3 saturated heterocycles. The molecule has 0 N–H and O–H groups in total. The third-order valence-corrected chi connectivity index (χ3v) is 6.52. The molecular formula is C19H36N4O. The van der Waals surface area contributed by atoms with E-state index in [1.54, 1.807) is 6.92 Å². The minimum absolute atomic E-state index is 0.234. The Morgan fingerprint density at radius 2 is 1.21 bits per heavy atom. The number of amides is 1. The molecule has 0 aromatic carbocycles. The predicted octanol–water partition coefficient (Wildman–Crippen LogP) is 1.49. The molecule has 0 atom stereocenters. The lowest BCUT2D eigenvalue weighted by Crippen LogP contribution is -2.55. The van der Waals surface area contributed by atoms with Gasteiger partial charge in [-0.3, -0.25) is 9.69 Å². The molecule has 0 aliphatic carbocycles. The van der Waals surface area contributed by atoms with E-state index in [0.29, 0.717) is 6.04 Å². The maximum Gasteiger partial charge on any atom is 0.219 e. The average molecular weight is 337 g/mol. The highest BCUT2D eigenvalue weighted by Gasteiger charge is 2.32. The van der Waals surface area contributed by atoms with Crippen molar-refractivity contribution in [1.29, 1.82) is 0 Å². The van der Waals surface area contributed by atoms with E-state index in [9.17, 15) is 4.79 Å². The minimum atomic E-state index is 0.234. The highest BCUT2D eigenvalue weighted by Crippen LogP contribution is 2.24. The second kappa shape index (κ2) is 8.15. The maximum absolute atomic E-state index is 11.5. The molecule has 5 nitrogen and oxygen atoms in total. The van der Waals surface area contributed by atoms with Gasteiger partial charge in [-0.25, -0.2) is 0 Å². The summed E-state index contributed by atoms with van der Waals surface area (Å²) >= 11 is 0. The summed E-state index contributed by atoms with van der Waals surface area (Å²) in [4.78, 5) is 21.5. The molecule has 5 heteroatoms. The summed E-state index contributed by atoms with van der Waals surface area (Å²) in [6.45, 7) is 15.4. The van der Waals surface area contributed by atoms with Crippen LogP contribution in [0, 0.1) is 0 Å². The molecule has 0 spiro atoms. The Morgan fingerprint density at radius 3 is 1.67 bits per heavy atom. The molecule has 0 radical (unpaired) electrons. The number of nitrogens with zero attached hydrogens (tertiary/aromatic N) is 4. The van der Waals surface area contributed by atoms with Gasteiger partial charge in [-0.15, -0.1) is 0 Å². The lowest BCUT2D eigenvalue weighted by Gasteiger charge is -2.46. The van der Waals surface area contributed by atoms with E-state index in [-0.39, 0.29) is 5.91 Å². The maximum atomic E-state index is 11.5. The fourth-order valence-corrected chi connectivity index (χ4v) is 4.79. The Morgan fingerprint density at radius 1 is 0.750 bits per heavy atom. The quantitative estimate of drug-likeness (QED) is 0.781. The predicted molar refractivity (Wildman–Crippen MR) is 98.2 cm³/mol. The number of hydrogen-bond acceptors (Lipinski definition) is 4. The second-order valence-corrected chi connectivity index (χ2v) is 8.17. The molecule has 3 aliphatic rings. The van der Waals surface area contributed by atoms with Gasteiger partial charge in [-0.1, -0.05) is 0 Å². The van der Waals surface area contributed by atoms with Gasteiger partial charge in [-0.05, 0) is 65.7 Å². The zero-order chi connectivity index (χ0) is 17.1. The summed E-state index contributed by atoms with van der Waals surface area (Å²) < 4.78 is 0. The lowest BCUT2D eigenvalue weighted by atomic mass is 9.96. The molecule has 0 aromatic heterocycles. The van der Waals surface area contributed by atoms with Crippen LogP contribution < -0.4 is 0 Å². The van der Waals surface area contributed by atoms with E-state index < -0.39 is 0 Å². The molecule has 0 aromatic rings. The van der Waals surface area contributed by atoms with Gasteiger partial charge in [0.15, 0.2) is 0 Å². The molecule has 1 amide bonds. The molecule has 138 valence electrons. The fourth-order valence-electron chi connectivity index (χ4n) is 4.79. The molecule has 24 heavy (non-hydrogen) atoms. The van der Waals surface area contributed by atoms with E-state index >= 15 is 0 Å². The van der Waals surface area contributed by atoms with Gasteiger partial charge in [0.1, 0.15) is 0 Å². The second-order valence-electron chi connectivity index (χ2n) is 8.17. The van der Waals surface area contributed by atoms with Crippen molar-refractivity contribution < 1.29 is 4.79 Å². The summed E-state index contributed by atoms with van der Waals surface area (Å²) in [7, 11) is 0. The van der Waals surface area contributed by atoms with E-state index in [4.69, 9.17) is 0 Å². The van der Waals surface area contributed by atoms with Crippen molar-refractivity contribution in [3.05, 3.63) is 0 Å². The number of rotatable bonds is 3. The van der Waals surface area contributed by atoms with Gasteiger partial charge in [0.25, 0.3) is 0 Å².